The average molecular weight is 316 g/mol. The van der Waals surface area contributed by atoms with Crippen LogP contribution in [0.3, 0.4) is 0 Å². The molecule has 1 unspecified atom stereocenters. The van der Waals surface area contributed by atoms with E-state index in [2.05, 4.69) is 15.5 Å². The maximum atomic E-state index is 6.05. The fourth-order valence-corrected chi connectivity index (χ4v) is 2.26. The number of nitrogens with two attached hydrogens (primary N) is 1. The summed E-state index contributed by atoms with van der Waals surface area (Å²) >= 11 is 12.0. The van der Waals surface area contributed by atoms with Gasteiger partial charge in [0.2, 0.25) is 0 Å². The minimum atomic E-state index is 0.0423. The maximum Gasteiger partial charge on any atom is 0.182 e. The topological polar surface area (TPSA) is 78.8 Å². The van der Waals surface area contributed by atoms with E-state index in [9.17, 15) is 0 Å². The van der Waals surface area contributed by atoms with E-state index in [1.54, 1.807) is 23.9 Å². The zero-order valence-electron chi connectivity index (χ0n) is 11.2. The molecule has 20 heavy (non-hydrogen) atoms. The zero-order valence-corrected chi connectivity index (χ0v) is 12.7. The number of aromatic nitrogens is 4. The fraction of sp³-hybridized carbons (Fsp3) is 0.417. The van der Waals surface area contributed by atoms with Crippen molar-refractivity contribution in [2.24, 2.45) is 0 Å². The third-order valence-electron chi connectivity index (χ3n) is 2.98. The first-order chi connectivity index (χ1) is 9.58. The number of methoxy groups -OCH3 is 1. The normalized spacial score (nSPS) is 12.6. The maximum absolute atomic E-state index is 6.05. The van der Waals surface area contributed by atoms with Crippen LogP contribution in [0, 0.1) is 0 Å². The quantitative estimate of drug-likeness (QED) is 0.858. The summed E-state index contributed by atoms with van der Waals surface area (Å²) in [6.45, 7) is 2.56. The van der Waals surface area contributed by atoms with Crippen LogP contribution in [0.1, 0.15) is 19.4 Å². The Labute approximate surface area is 126 Å². The molecule has 0 aliphatic heterocycles. The first-order valence-corrected chi connectivity index (χ1v) is 6.85. The summed E-state index contributed by atoms with van der Waals surface area (Å²) in [7, 11) is 1.64. The SMILES string of the molecule is CCC(COC)n1nnnc1-c1cc(N)c(Cl)c(Cl)c1. The minimum absolute atomic E-state index is 0.0423. The van der Waals surface area contributed by atoms with Crippen molar-refractivity contribution >= 4 is 28.9 Å². The lowest BCUT2D eigenvalue weighted by atomic mass is 10.1. The molecule has 1 aromatic heterocycles. The number of nitrogen functional groups attached to an aromatic ring is 1. The van der Waals surface area contributed by atoms with Gasteiger partial charge in [0, 0.05) is 12.7 Å². The highest BCUT2D eigenvalue weighted by atomic mass is 35.5. The average Bonchev–Trinajstić information content (AvgIpc) is 2.90. The summed E-state index contributed by atoms with van der Waals surface area (Å²) in [5, 5.41) is 12.5. The van der Waals surface area contributed by atoms with Gasteiger partial charge in [0.05, 0.1) is 28.4 Å². The summed E-state index contributed by atoms with van der Waals surface area (Å²) in [6.07, 6.45) is 0.836. The van der Waals surface area contributed by atoms with E-state index in [1.807, 2.05) is 6.92 Å². The molecule has 0 bridgehead atoms. The van der Waals surface area contributed by atoms with E-state index < -0.39 is 0 Å². The van der Waals surface area contributed by atoms with Crippen LogP contribution in [-0.2, 0) is 4.74 Å². The second kappa shape index (κ2) is 6.39. The first kappa shape index (κ1) is 15.0. The highest BCUT2D eigenvalue weighted by Gasteiger charge is 2.18. The van der Waals surface area contributed by atoms with Gasteiger partial charge in [-0.2, -0.15) is 0 Å². The molecule has 0 fully saturated rings. The van der Waals surface area contributed by atoms with Crippen molar-refractivity contribution in [1.29, 1.82) is 0 Å². The Balaban J connectivity index is 2.46. The molecule has 108 valence electrons. The Morgan fingerprint density at radius 2 is 2.15 bits per heavy atom. The Morgan fingerprint density at radius 1 is 1.40 bits per heavy atom. The van der Waals surface area contributed by atoms with Crippen molar-refractivity contribution in [3.8, 4) is 11.4 Å². The predicted octanol–water partition coefficient (Wildman–Crippen LogP) is 2.83. The highest BCUT2D eigenvalue weighted by molar-refractivity contribution is 6.43. The number of halogens is 2. The van der Waals surface area contributed by atoms with Crippen LogP contribution in [0.4, 0.5) is 5.69 Å². The van der Waals surface area contributed by atoms with Crippen LogP contribution < -0.4 is 5.73 Å². The van der Waals surface area contributed by atoms with Gasteiger partial charge >= 0.3 is 0 Å². The number of anilines is 1. The summed E-state index contributed by atoms with van der Waals surface area (Å²) in [5.41, 5.74) is 6.94. The molecule has 6 nitrogen and oxygen atoms in total. The number of hydrogen-bond acceptors (Lipinski definition) is 5. The molecule has 0 aliphatic carbocycles. The van der Waals surface area contributed by atoms with Crippen molar-refractivity contribution in [2.75, 3.05) is 19.5 Å². The summed E-state index contributed by atoms with van der Waals surface area (Å²) in [6, 6.07) is 3.44. The molecule has 8 heteroatoms. The van der Waals surface area contributed by atoms with Crippen LogP contribution in [0.2, 0.25) is 10.0 Å². The molecule has 1 heterocycles. The Bertz CT molecular complexity index is 578. The van der Waals surface area contributed by atoms with Crippen molar-refractivity contribution in [2.45, 2.75) is 19.4 Å². The summed E-state index contributed by atoms with van der Waals surface area (Å²) in [4.78, 5) is 0. The van der Waals surface area contributed by atoms with Crippen LogP contribution in [0.25, 0.3) is 11.4 Å². The fourth-order valence-electron chi connectivity index (χ4n) is 1.92. The molecular weight excluding hydrogens is 301 g/mol. The minimum Gasteiger partial charge on any atom is -0.397 e. The second-order valence-corrected chi connectivity index (χ2v) is 5.11. The third-order valence-corrected chi connectivity index (χ3v) is 3.80. The van der Waals surface area contributed by atoms with E-state index in [1.165, 1.54) is 0 Å². The number of tetrazole rings is 1. The van der Waals surface area contributed by atoms with E-state index in [0.717, 1.165) is 12.0 Å². The molecule has 1 aromatic carbocycles. The van der Waals surface area contributed by atoms with Gasteiger partial charge in [-0.1, -0.05) is 30.1 Å². The highest BCUT2D eigenvalue weighted by Crippen LogP contribution is 2.33. The van der Waals surface area contributed by atoms with Crippen molar-refractivity contribution in [3.63, 3.8) is 0 Å². The van der Waals surface area contributed by atoms with Gasteiger partial charge in [-0.15, -0.1) is 5.10 Å². The Hall–Kier alpha value is -1.37. The van der Waals surface area contributed by atoms with Gasteiger partial charge < -0.3 is 10.5 Å². The lowest BCUT2D eigenvalue weighted by Gasteiger charge is -2.15. The van der Waals surface area contributed by atoms with Gasteiger partial charge in [0.15, 0.2) is 5.82 Å². The van der Waals surface area contributed by atoms with E-state index >= 15 is 0 Å². The van der Waals surface area contributed by atoms with Gasteiger partial charge in [-0.25, -0.2) is 4.68 Å². The molecule has 0 saturated heterocycles. The third kappa shape index (κ3) is 2.87. The number of nitrogens with zero attached hydrogens (tertiary/aromatic N) is 4. The van der Waals surface area contributed by atoms with Crippen LogP contribution >= 0.6 is 23.2 Å². The summed E-state index contributed by atoms with van der Waals surface area (Å²) in [5.74, 6) is 0.583. The molecule has 0 aliphatic rings. The van der Waals surface area contributed by atoms with Gasteiger partial charge in [0.1, 0.15) is 0 Å². The van der Waals surface area contributed by atoms with Crippen molar-refractivity contribution < 1.29 is 4.74 Å². The smallest absolute Gasteiger partial charge is 0.182 e. The molecule has 0 saturated carbocycles. The van der Waals surface area contributed by atoms with Crippen molar-refractivity contribution in [3.05, 3.63) is 22.2 Å². The van der Waals surface area contributed by atoms with Gasteiger partial charge in [0.25, 0.3) is 0 Å². The number of benzene rings is 1. The Kier molecular flexibility index (Phi) is 4.80. The molecule has 2 rings (SSSR count). The predicted molar refractivity (Wildman–Crippen MR) is 78.9 cm³/mol. The second-order valence-electron chi connectivity index (χ2n) is 4.33. The molecule has 0 radical (unpaired) electrons. The molecule has 0 amide bonds. The largest absolute Gasteiger partial charge is 0.397 e. The summed E-state index contributed by atoms with van der Waals surface area (Å²) < 4.78 is 6.90. The van der Waals surface area contributed by atoms with Crippen LogP contribution in [-0.4, -0.2) is 33.9 Å². The van der Waals surface area contributed by atoms with Gasteiger partial charge in [-0.05, 0) is 29.0 Å². The molecule has 0 spiro atoms. The molecule has 2 N–H and O–H groups in total. The molecule has 2 aromatic rings. The number of rotatable bonds is 5. The van der Waals surface area contributed by atoms with E-state index in [-0.39, 0.29) is 6.04 Å². The van der Waals surface area contributed by atoms with Crippen molar-refractivity contribution in [1.82, 2.24) is 20.2 Å². The zero-order chi connectivity index (χ0) is 14.7. The molecule has 1 atom stereocenters. The number of ether oxygens (including phenoxy) is 1. The standard InChI is InChI=1S/C12H15Cl2N5O/c1-3-8(6-20-2)19-12(16-17-18-19)7-4-9(13)11(14)10(15)5-7/h4-5,8H,3,6,15H2,1-2H3. The van der Waals surface area contributed by atoms with E-state index in [4.69, 9.17) is 33.7 Å². The lowest BCUT2D eigenvalue weighted by Crippen LogP contribution is -2.16. The van der Waals surface area contributed by atoms with E-state index in [0.29, 0.717) is 28.2 Å². The molecular formula is C12H15Cl2N5O. The monoisotopic (exact) mass is 315 g/mol. The lowest BCUT2D eigenvalue weighted by molar-refractivity contribution is 0.147. The number of hydrogen-bond donors (Lipinski definition) is 1. The Morgan fingerprint density at radius 3 is 2.75 bits per heavy atom. The van der Waals surface area contributed by atoms with Crippen LogP contribution in [0.5, 0.6) is 0 Å². The van der Waals surface area contributed by atoms with Crippen LogP contribution in [0.15, 0.2) is 12.1 Å². The van der Waals surface area contributed by atoms with Gasteiger partial charge in [-0.3, -0.25) is 0 Å². The first-order valence-electron chi connectivity index (χ1n) is 6.10.